The van der Waals surface area contributed by atoms with Crippen LogP contribution in [0.1, 0.15) is 10.4 Å². The van der Waals surface area contributed by atoms with Crippen LogP contribution in [-0.2, 0) is 11.3 Å². The summed E-state index contributed by atoms with van der Waals surface area (Å²) in [4.78, 5) is 57.7. The van der Waals surface area contributed by atoms with E-state index in [1.54, 1.807) is 18.2 Å². The lowest BCUT2D eigenvalue weighted by atomic mass is 10.2. The molecule has 0 saturated carbocycles. The van der Waals surface area contributed by atoms with Gasteiger partial charge in [0.1, 0.15) is 12.4 Å². The lowest BCUT2D eigenvalue weighted by Crippen LogP contribution is -2.46. The third kappa shape index (κ3) is 4.18. The Balaban J connectivity index is 1.89. The van der Waals surface area contributed by atoms with Gasteiger partial charge in [-0.15, -0.1) is 0 Å². The zero-order valence-corrected chi connectivity index (χ0v) is 14.4. The number of amides is 1. The molecule has 0 saturated heterocycles. The zero-order chi connectivity index (χ0) is 20.1. The van der Waals surface area contributed by atoms with Crippen LogP contribution in [0.3, 0.4) is 0 Å². The van der Waals surface area contributed by atoms with Gasteiger partial charge in [-0.2, -0.15) is 0 Å². The standard InChI is InChI=1S/C18H15N5O5/c24-15(11-4-2-1-3-5-11)21-14(17(26)27)9-23-8-13(16(25)22-18(23)28)12-6-19-10-20-7-12/h1-8,10,14H,9H2,(H,21,24)(H,26,27)(H,22,25,28)/t14-/m0/s1. The highest BCUT2D eigenvalue weighted by Gasteiger charge is 2.22. The van der Waals surface area contributed by atoms with E-state index in [2.05, 4.69) is 20.3 Å². The molecule has 28 heavy (non-hydrogen) atoms. The predicted molar refractivity (Wildman–Crippen MR) is 97.7 cm³/mol. The Morgan fingerprint density at radius 3 is 2.46 bits per heavy atom. The molecule has 1 aromatic carbocycles. The third-order valence-corrected chi connectivity index (χ3v) is 3.90. The minimum atomic E-state index is -1.39. The molecule has 3 N–H and O–H groups in total. The minimum Gasteiger partial charge on any atom is -0.480 e. The maximum Gasteiger partial charge on any atom is 0.328 e. The van der Waals surface area contributed by atoms with E-state index in [0.29, 0.717) is 5.56 Å². The molecule has 0 spiro atoms. The summed E-state index contributed by atoms with van der Waals surface area (Å²) in [6.45, 7) is -0.385. The highest BCUT2D eigenvalue weighted by molar-refractivity contribution is 5.96. The van der Waals surface area contributed by atoms with Crippen molar-refractivity contribution in [2.45, 2.75) is 12.6 Å². The number of carbonyl (C=O) groups excluding carboxylic acids is 1. The maximum absolute atomic E-state index is 12.2. The van der Waals surface area contributed by atoms with E-state index < -0.39 is 29.2 Å². The minimum absolute atomic E-state index is 0.0960. The quantitative estimate of drug-likeness (QED) is 0.539. The number of nitrogens with one attached hydrogen (secondary N) is 2. The molecule has 0 fully saturated rings. The van der Waals surface area contributed by atoms with Gasteiger partial charge in [-0.05, 0) is 12.1 Å². The van der Waals surface area contributed by atoms with Crippen molar-refractivity contribution < 1.29 is 14.7 Å². The molecule has 0 aliphatic rings. The normalized spacial score (nSPS) is 11.6. The van der Waals surface area contributed by atoms with Crippen LogP contribution in [0.15, 0.2) is 64.8 Å². The molecule has 10 heteroatoms. The Hall–Kier alpha value is -4.08. The number of aromatic nitrogens is 4. The van der Waals surface area contributed by atoms with Crippen molar-refractivity contribution in [3.8, 4) is 11.1 Å². The van der Waals surface area contributed by atoms with Gasteiger partial charge in [0.25, 0.3) is 11.5 Å². The van der Waals surface area contributed by atoms with Gasteiger partial charge >= 0.3 is 11.7 Å². The summed E-state index contributed by atoms with van der Waals surface area (Å²) in [5, 5.41) is 11.8. The van der Waals surface area contributed by atoms with E-state index in [9.17, 15) is 24.3 Å². The van der Waals surface area contributed by atoms with Crippen molar-refractivity contribution >= 4 is 11.9 Å². The summed E-state index contributed by atoms with van der Waals surface area (Å²) in [5.41, 5.74) is -0.719. The highest BCUT2D eigenvalue weighted by atomic mass is 16.4. The molecule has 1 atom stereocenters. The Morgan fingerprint density at radius 1 is 1.14 bits per heavy atom. The molecule has 3 rings (SSSR count). The van der Waals surface area contributed by atoms with Gasteiger partial charge in [0.15, 0.2) is 0 Å². The number of rotatable bonds is 6. The van der Waals surface area contributed by atoms with Gasteiger partial charge in [-0.25, -0.2) is 19.6 Å². The SMILES string of the molecule is O=C(N[C@@H](Cn1cc(-c2cncnc2)c(=O)[nH]c1=O)C(=O)O)c1ccccc1. The molecule has 0 aliphatic heterocycles. The smallest absolute Gasteiger partial charge is 0.328 e. The van der Waals surface area contributed by atoms with Crippen molar-refractivity contribution in [2.75, 3.05) is 0 Å². The second-order valence-electron chi connectivity index (χ2n) is 5.81. The Morgan fingerprint density at radius 2 is 1.82 bits per heavy atom. The number of carboxylic acid groups (broad SMARTS) is 1. The first kappa shape index (κ1) is 18.7. The monoisotopic (exact) mass is 381 g/mol. The van der Waals surface area contributed by atoms with E-state index in [-0.39, 0.29) is 17.7 Å². The lowest BCUT2D eigenvalue weighted by Gasteiger charge is -2.16. The van der Waals surface area contributed by atoms with E-state index in [1.165, 1.54) is 37.1 Å². The number of aromatic amines is 1. The third-order valence-electron chi connectivity index (χ3n) is 3.90. The maximum atomic E-state index is 12.2. The van der Waals surface area contributed by atoms with Crippen LogP contribution in [-0.4, -0.2) is 42.5 Å². The van der Waals surface area contributed by atoms with Gasteiger partial charge in [0, 0.05) is 29.7 Å². The van der Waals surface area contributed by atoms with Crippen LogP contribution in [0, 0.1) is 0 Å². The Bertz CT molecular complexity index is 1110. The van der Waals surface area contributed by atoms with Gasteiger partial charge in [-0.3, -0.25) is 19.1 Å². The number of benzene rings is 1. The van der Waals surface area contributed by atoms with Crippen LogP contribution in [0.25, 0.3) is 11.1 Å². The zero-order valence-electron chi connectivity index (χ0n) is 14.4. The molecular formula is C18H15N5O5. The number of carboxylic acids is 1. The average Bonchev–Trinajstić information content (AvgIpc) is 2.70. The molecule has 2 heterocycles. The first-order valence-corrected chi connectivity index (χ1v) is 8.13. The van der Waals surface area contributed by atoms with Crippen molar-refractivity contribution in [1.29, 1.82) is 0 Å². The van der Waals surface area contributed by atoms with Crippen molar-refractivity contribution in [2.24, 2.45) is 0 Å². The van der Waals surface area contributed by atoms with Crippen LogP contribution in [0.4, 0.5) is 0 Å². The first-order valence-electron chi connectivity index (χ1n) is 8.13. The number of hydrogen-bond donors (Lipinski definition) is 3. The van der Waals surface area contributed by atoms with Crippen molar-refractivity contribution in [3.63, 3.8) is 0 Å². The number of carbonyl (C=O) groups is 2. The summed E-state index contributed by atoms with van der Waals surface area (Å²) in [7, 11) is 0. The molecular weight excluding hydrogens is 366 g/mol. The number of hydrogen-bond acceptors (Lipinski definition) is 6. The van der Waals surface area contributed by atoms with Gasteiger partial charge in [0.05, 0.1) is 12.1 Å². The fourth-order valence-corrected chi connectivity index (χ4v) is 2.50. The molecule has 0 aliphatic carbocycles. The van der Waals surface area contributed by atoms with Crippen LogP contribution in [0.5, 0.6) is 0 Å². The molecule has 10 nitrogen and oxygen atoms in total. The molecule has 0 radical (unpaired) electrons. The van der Waals surface area contributed by atoms with Crippen LogP contribution < -0.4 is 16.6 Å². The summed E-state index contributed by atoms with van der Waals surface area (Å²) in [6, 6.07) is 6.69. The van der Waals surface area contributed by atoms with E-state index in [1.807, 2.05) is 0 Å². The van der Waals surface area contributed by atoms with Crippen molar-refractivity contribution in [3.05, 3.63) is 81.7 Å². The summed E-state index contributed by atoms with van der Waals surface area (Å²) >= 11 is 0. The molecule has 142 valence electrons. The molecule has 1 amide bonds. The number of nitrogens with zero attached hydrogens (tertiary/aromatic N) is 3. The first-order chi connectivity index (χ1) is 13.5. The largest absolute Gasteiger partial charge is 0.480 e. The average molecular weight is 381 g/mol. The second-order valence-corrected chi connectivity index (χ2v) is 5.81. The van der Waals surface area contributed by atoms with Crippen LogP contribution in [0.2, 0.25) is 0 Å². The van der Waals surface area contributed by atoms with Crippen LogP contribution >= 0.6 is 0 Å². The summed E-state index contributed by atoms with van der Waals surface area (Å²) in [5.74, 6) is -1.92. The molecule has 0 unspecified atom stereocenters. The van der Waals surface area contributed by atoms with E-state index in [0.717, 1.165) is 4.57 Å². The van der Waals surface area contributed by atoms with E-state index >= 15 is 0 Å². The fourth-order valence-electron chi connectivity index (χ4n) is 2.50. The fraction of sp³-hybridized carbons (Fsp3) is 0.111. The van der Waals surface area contributed by atoms with Crippen molar-refractivity contribution in [1.82, 2.24) is 24.8 Å². The lowest BCUT2D eigenvalue weighted by molar-refractivity contribution is -0.139. The molecule has 3 aromatic rings. The molecule has 0 bridgehead atoms. The number of H-pyrrole nitrogens is 1. The Labute approximate surface area is 157 Å². The molecule has 2 aromatic heterocycles. The summed E-state index contributed by atoms with van der Waals surface area (Å²) < 4.78 is 1.01. The Kier molecular flexibility index (Phi) is 5.40. The van der Waals surface area contributed by atoms with Gasteiger partial charge in [-0.1, -0.05) is 18.2 Å². The number of aliphatic carboxylic acids is 1. The summed E-state index contributed by atoms with van der Waals surface area (Å²) in [6.07, 6.45) is 5.27. The highest BCUT2D eigenvalue weighted by Crippen LogP contribution is 2.10. The van der Waals surface area contributed by atoms with E-state index in [4.69, 9.17) is 0 Å². The second kappa shape index (κ2) is 8.08. The predicted octanol–water partition coefficient (Wildman–Crippen LogP) is -0.123. The van der Waals surface area contributed by atoms with Gasteiger partial charge < -0.3 is 10.4 Å². The van der Waals surface area contributed by atoms with Gasteiger partial charge in [0.2, 0.25) is 0 Å². The topological polar surface area (TPSA) is 147 Å².